The van der Waals surface area contributed by atoms with Crippen LogP contribution in [-0.4, -0.2) is 58.8 Å². The van der Waals surface area contributed by atoms with Crippen molar-refractivity contribution in [2.24, 2.45) is 4.99 Å². The zero-order chi connectivity index (χ0) is 16.9. The van der Waals surface area contributed by atoms with E-state index in [2.05, 4.69) is 51.1 Å². The predicted octanol–water partition coefficient (Wildman–Crippen LogP) is 0.775. The van der Waals surface area contributed by atoms with Crippen LogP contribution in [0.15, 0.2) is 35.3 Å². The molecule has 6 nitrogen and oxygen atoms in total. The minimum absolute atomic E-state index is 0.115. The highest BCUT2D eigenvalue weighted by Gasteiger charge is 2.36. The molecule has 0 bridgehead atoms. The van der Waals surface area contributed by atoms with Crippen LogP contribution in [0.4, 0.5) is 0 Å². The number of aliphatic imine (C=N–C) groups is 1. The molecule has 1 fully saturated rings. The third-order valence-corrected chi connectivity index (χ3v) is 4.96. The van der Waals surface area contributed by atoms with Gasteiger partial charge in [0.25, 0.3) is 0 Å². The lowest BCUT2D eigenvalue weighted by Crippen LogP contribution is -2.44. The molecule has 1 saturated heterocycles. The maximum Gasteiger partial charge on any atom is 0.208 e. The summed E-state index contributed by atoms with van der Waals surface area (Å²) < 4.78 is 24.6. The number of nitrogens with one attached hydrogen (secondary N) is 2. The molecule has 0 radical (unpaired) electrons. The zero-order valence-electron chi connectivity index (χ0n) is 14.0. The summed E-state index contributed by atoms with van der Waals surface area (Å²) in [4.78, 5) is 6.55. The molecule has 1 aromatic carbocycles. The molecule has 1 heterocycles. The van der Waals surface area contributed by atoms with E-state index in [1.54, 1.807) is 7.05 Å². The second-order valence-corrected chi connectivity index (χ2v) is 8.07. The highest BCUT2D eigenvalue weighted by atomic mass is 32.2. The minimum Gasteiger partial charge on any atom is -0.355 e. The van der Waals surface area contributed by atoms with Crippen LogP contribution in [0.2, 0.25) is 0 Å². The van der Waals surface area contributed by atoms with Crippen LogP contribution in [0, 0.1) is 0 Å². The first-order valence-electron chi connectivity index (χ1n) is 7.80. The third kappa shape index (κ3) is 4.94. The molecule has 1 aliphatic heterocycles. The fourth-order valence-corrected chi connectivity index (χ4v) is 3.43. The van der Waals surface area contributed by atoms with Crippen LogP contribution in [-0.2, 0) is 15.4 Å². The van der Waals surface area contributed by atoms with E-state index in [-0.39, 0.29) is 5.41 Å². The van der Waals surface area contributed by atoms with Crippen LogP contribution < -0.4 is 10.0 Å². The van der Waals surface area contributed by atoms with Crippen molar-refractivity contribution in [3.05, 3.63) is 35.9 Å². The Labute approximate surface area is 139 Å². The second kappa shape index (κ2) is 7.31. The lowest BCUT2D eigenvalue weighted by Gasteiger charge is -2.27. The number of likely N-dealkylation sites (tertiary alicyclic amines) is 1. The van der Waals surface area contributed by atoms with Gasteiger partial charge in [-0.1, -0.05) is 37.3 Å². The van der Waals surface area contributed by atoms with Crippen LogP contribution in [0.3, 0.4) is 0 Å². The highest BCUT2D eigenvalue weighted by molar-refractivity contribution is 7.88. The summed E-state index contributed by atoms with van der Waals surface area (Å²) in [6.07, 6.45) is 2.23. The van der Waals surface area contributed by atoms with Gasteiger partial charge in [0.1, 0.15) is 0 Å². The quantitative estimate of drug-likeness (QED) is 0.473. The number of sulfonamides is 1. The van der Waals surface area contributed by atoms with Crippen molar-refractivity contribution < 1.29 is 8.42 Å². The maximum absolute atomic E-state index is 11.1. The topological polar surface area (TPSA) is 73.8 Å². The number of rotatable bonds is 5. The Bertz CT molecular complexity index is 645. The summed E-state index contributed by atoms with van der Waals surface area (Å²) >= 11 is 0. The molecule has 0 saturated carbocycles. The summed E-state index contributed by atoms with van der Waals surface area (Å²) in [5.41, 5.74) is 1.46. The minimum atomic E-state index is -3.15. The molecule has 0 amide bonds. The molecule has 23 heavy (non-hydrogen) atoms. The molecule has 0 spiro atoms. The first-order valence-corrected chi connectivity index (χ1v) is 9.69. The van der Waals surface area contributed by atoms with Crippen LogP contribution >= 0.6 is 0 Å². The standard InChI is InChI=1S/C16H26N4O2S/c1-16(14-7-5-4-6-8-14)9-12-20(13-16)15(17-2)18-10-11-19-23(3,21)22/h4-8,19H,9-13H2,1-3H3,(H,17,18). The molecular weight excluding hydrogens is 312 g/mol. The van der Waals surface area contributed by atoms with E-state index < -0.39 is 10.0 Å². The average Bonchev–Trinajstić information content (AvgIpc) is 2.91. The average molecular weight is 338 g/mol. The van der Waals surface area contributed by atoms with E-state index in [1.165, 1.54) is 5.56 Å². The molecule has 128 valence electrons. The smallest absolute Gasteiger partial charge is 0.208 e. The SMILES string of the molecule is CN=C(NCCNS(C)(=O)=O)N1CCC(C)(c2ccccc2)C1. The largest absolute Gasteiger partial charge is 0.355 e. The third-order valence-electron chi connectivity index (χ3n) is 4.23. The normalized spacial score (nSPS) is 22.4. The van der Waals surface area contributed by atoms with Gasteiger partial charge in [-0.3, -0.25) is 4.99 Å². The number of benzene rings is 1. The Morgan fingerprint density at radius 3 is 2.61 bits per heavy atom. The van der Waals surface area contributed by atoms with Crippen LogP contribution in [0.25, 0.3) is 0 Å². The van der Waals surface area contributed by atoms with Crippen molar-refractivity contribution in [1.29, 1.82) is 0 Å². The van der Waals surface area contributed by atoms with Gasteiger partial charge in [-0.2, -0.15) is 0 Å². The maximum atomic E-state index is 11.1. The van der Waals surface area contributed by atoms with Gasteiger partial charge in [0.15, 0.2) is 5.96 Å². The van der Waals surface area contributed by atoms with E-state index in [4.69, 9.17) is 0 Å². The lowest BCUT2D eigenvalue weighted by atomic mass is 9.82. The summed E-state index contributed by atoms with van der Waals surface area (Å²) in [5, 5.41) is 3.22. The van der Waals surface area contributed by atoms with Crippen molar-refractivity contribution in [3.8, 4) is 0 Å². The Hall–Kier alpha value is -1.60. The predicted molar refractivity (Wildman–Crippen MR) is 94.2 cm³/mol. The molecule has 2 N–H and O–H groups in total. The van der Waals surface area contributed by atoms with Crippen molar-refractivity contribution in [3.63, 3.8) is 0 Å². The van der Waals surface area contributed by atoms with E-state index >= 15 is 0 Å². The molecule has 1 aromatic rings. The van der Waals surface area contributed by atoms with Gasteiger partial charge < -0.3 is 10.2 Å². The summed E-state index contributed by atoms with van der Waals surface area (Å²) in [6.45, 7) is 4.97. The first-order chi connectivity index (χ1) is 10.8. The Morgan fingerprint density at radius 1 is 1.30 bits per heavy atom. The molecule has 0 aliphatic carbocycles. The van der Waals surface area contributed by atoms with Gasteiger partial charge in [-0.05, 0) is 12.0 Å². The molecular formula is C16H26N4O2S. The van der Waals surface area contributed by atoms with Gasteiger partial charge in [0.2, 0.25) is 10.0 Å². The molecule has 2 rings (SSSR count). The molecule has 1 aliphatic rings. The van der Waals surface area contributed by atoms with Crippen molar-refractivity contribution in [2.45, 2.75) is 18.8 Å². The molecule has 0 aromatic heterocycles. The Morgan fingerprint density at radius 2 is 2.00 bits per heavy atom. The van der Waals surface area contributed by atoms with E-state index in [0.717, 1.165) is 31.7 Å². The zero-order valence-corrected chi connectivity index (χ0v) is 14.9. The Balaban J connectivity index is 1.91. The van der Waals surface area contributed by atoms with Crippen LogP contribution in [0.1, 0.15) is 18.9 Å². The van der Waals surface area contributed by atoms with Gasteiger partial charge in [0.05, 0.1) is 6.26 Å². The fraction of sp³-hybridized carbons (Fsp3) is 0.562. The van der Waals surface area contributed by atoms with Gasteiger partial charge in [-0.15, -0.1) is 0 Å². The first kappa shape index (κ1) is 17.7. The second-order valence-electron chi connectivity index (χ2n) is 6.24. The summed E-state index contributed by atoms with van der Waals surface area (Å²) in [6, 6.07) is 10.5. The number of hydrogen-bond acceptors (Lipinski definition) is 3. The van der Waals surface area contributed by atoms with Gasteiger partial charge in [0, 0.05) is 38.6 Å². The number of hydrogen-bond donors (Lipinski definition) is 2. The van der Waals surface area contributed by atoms with E-state index in [9.17, 15) is 8.42 Å². The van der Waals surface area contributed by atoms with Gasteiger partial charge in [-0.25, -0.2) is 13.1 Å². The fourth-order valence-electron chi connectivity index (χ4n) is 2.96. The van der Waals surface area contributed by atoms with Crippen molar-refractivity contribution in [1.82, 2.24) is 14.9 Å². The molecule has 7 heteroatoms. The summed E-state index contributed by atoms with van der Waals surface area (Å²) in [7, 11) is -1.39. The van der Waals surface area contributed by atoms with Crippen LogP contribution in [0.5, 0.6) is 0 Å². The molecule has 1 unspecified atom stereocenters. The molecule has 1 atom stereocenters. The van der Waals surface area contributed by atoms with E-state index in [1.807, 2.05) is 6.07 Å². The number of guanidine groups is 1. The highest BCUT2D eigenvalue weighted by Crippen LogP contribution is 2.33. The van der Waals surface area contributed by atoms with Crippen molar-refractivity contribution in [2.75, 3.05) is 39.5 Å². The number of nitrogens with zero attached hydrogens (tertiary/aromatic N) is 2. The Kier molecular flexibility index (Phi) is 5.64. The monoisotopic (exact) mass is 338 g/mol. The van der Waals surface area contributed by atoms with Gasteiger partial charge >= 0.3 is 0 Å². The van der Waals surface area contributed by atoms with Crippen molar-refractivity contribution >= 4 is 16.0 Å². The summed E-state index contributed by atoms with van der Waals surface area (Å²) in [5.74, 6) is 0.819. The lowest BCUT2D eigenvalue weighted by molar-refractivity contribution is 0.439. The van der Waals surface area contributed by atoms with E-state index in [0.29, 0.717) is 13.1 Å².